The van der Waals surface area contributed by atoms with E-state index in [1.165, 1.54) is 31.4 Å². The number of rotatable bonds is 5. The van der Waals surface area contributed by atoms with Crippen LogP contribution in [0.15, 0.2) is 72.8 Å². The molecule has 0 saturated heterocycles. The molecule has 7 heteroatoms. The summed E-state index contributed by atoms with van der Waals surface area (Å²) in [7, 11) is 1.49. The summed E-state index contributed by atoms with van der Waals surface area (Å²) in [6.45, 7) is 0. The normalized spacial score (nSPS) is 16.6. The number of aromatic hydroxyl groups is 5. The van der Waals surface area contributed by atoms with Gasteiger partial charge >= 0.3 is 0 Å². The zero-order chi connectivity index (χ0) is 25.4. The predicted octanol–water partition coefficient (Wildman–Crippen LogP) is 5.66. The third-order valence-corrected chi connectivity index (χ3v) is 6.13. The van der Waals surface area contributed by atoms with Gasteiger partial charge in [-0.2, -0.15) is 0 Å². The van der Waals surface area contributed by atoms with Gasteiger partial charge in [0, 0.05) is 23.3 Å². The van der Waals surface area contributed by atoms with Gasteiger partial charge in [-0.3, -0.25) is 0 Å². The maximum absolute atomic E-state index is 11.1. The highest BCUT2D eigenvalue weighted by molar-refractivity contribution is 5.73. The van der Waals surface area contributed by atoms with Gasteiger partial charge < -0.3 is 35.0 Å². The molecule has 5 N–H and O–H groups in total. The van der Waals surface area contributed by atoms with Gasteiger partial charge in [-0.1, -0.05) is 24.3 Å². The second-order valence-corrected chi connectivity index (χ2v) is 8.64. The number of methoxy groups -OCH3 is 1. The fourth-order valence-electron chi connectivity index (χ4n) is 4.56. The topological polar surface area (TPSA) is 120 Å². The zero-order valence-electron chi connectivity index (χ0n) is 19.3. The van der Waals surface area contributed by atoms with Crippen molar-refractivity contribution in [3.05, 3.63) is 101 Å². The largest absolute Gasteiger partial charge is 0.508 e. The number of hydrogen-bond acceptors (Lipinski definition) is 7. The summed E-state index contributed by atoms with van der Waals surface area (Å²) in [5, 5.41) is 51.1. The highest BCUT2D eigenvalue weighted by atomic mass is 16.5. The molecular weight excluding hydrogens is 460 g/mol. The van der Waals surface area contributed by atoms with Crippen molar-refractivity contribution < 1.29 is 35.0 Å². The van der Waals surface area contributed by atoms with Gasteiger partial charge in [-0.15, -0.1) is 0 Å². The zero-order valence-corrected chi connectivity index (χ0v) is 19.3. The van der Waals surface area contributed by atoms with Gasteiger partial charge in [0.25, 0.3) is 0 Å². The first-order valence-electron chi connectivity index (χ1n) is 11.2. The molecule has 0 fully saturated rings. The molecule has 2 atom stereocenters. The summed E-state index contributed by atoms with van der Waals surface area (Å²) >= 11 is 0. The highest BCUT2D eigenvalue weighted by Crippen LogP contribution is 2.54. The summed E-state index contributed by atoms with van der Waals surface area (Å²) in [5.41, 5.74) is 3.17. The lowest BCUT2D eigenvalue weighted by Gasteiger charge is -2.21. The highest BCUT2D eigenvalue weighted by Gasteiger charge is 2.40. The van der Waals surface area contributed by atoms with E-state index in [1.54, 1.807) is 48.5 Å². The van der Waals surface area contributed by atoms with Crippen molar-refractivity contribution in [3.63, 3.8) is 0 Å². The van der Waals surface area contributed by atoms with Crippen LogP contribution < -0.4 is 9.47 Å². The van der Waals surface area contributed by atoms with Crippen LogP contribution in [-0.4, -0.2) is 32.6 Å². The lowest BCUT2D eigenvalue weighted by molar-refractivity contribution is 0.221. The Morgan fingerprint density at radius 1 is 0.667 bits per heavy atom. The van der Waals surface area contributed by atoms with Gasteiger partial charge in [0.05, 0.1) is 13.0 Å². The first-order valence-corrected chi connectivity index (χ1v) is 11.2. The van der Waals surface area contributed by atoms with Crippen molar-refractivity contribution in [1.82, 2.24) is 0 Å². The minimum absolute atomic E-state index is 0.0110. The van der Waals surface area contributed by atoms with Crippen LogP contribution >= 0.6 is 0 Å². The van der Waals surface area contributed by atoms with Gasteiger partial charge in [0.15, 0.2) is 0 Å². The van der Waals surface area contributed by atoms with E-state index in [0.29, 0.717) is 33.8 Å². The molecule has 0 radical (unpaired) electrons. The van der Waals surface area contributed by atoms with Crippen LogP contribution in [0.2, 0.25) is 0 Å². The second-order valence-electron chi connectivity index (χ2n) is 8.64. The van der Waals surface area contributed by atoms with E-state index in [9.17, 15) is 25.5 Å². The van der Waals surface area contributed by atoms with E-state index in [-0.39, 0.29) is 28.7 Å². The fourth-order valence-corrected chi connectivity index (χ4v) is 4.56. The fraction of sp³-hybridized carbons (Fsp3) is 0.103. The molecule has 0 aromatic heterocycles. The average Bonchev–Trinajstić information content (AvgIpc) is 3.23. The number of phenols is 5. The molecular formula is C29H24O7. The summed E-state index contributed by atoms with van der Waals surface area (Å²) in [6, 6.07) is 19.1. The molecule has 4 aromatic rings. The third-order valence-electron chi connectivity index (χ3n) is 6.13. The molecule has 4 aromatic carbocycles. The third kappa shape index (κ3) is 4.46. The van der Waals surface area contributed by atoms with Gasteiger partial charge in [-0.05, 0) is 65.2 Å². The van der Waals surface area contributed by atoms with E-state index < -0.39 is 12.0 Å². The first kappa shape index (κ1) is 23.0. The minimum Gasteiger partial charge on any atom is -0.508 e. The van der Waals surface area contributed by atoms with Crippen molar-refractivity contribution >= 4 is 12.2 Å². The number of phenolic OH excluding ortho intramolecular Hbond substituents is 5. The molecule has 0 bridgehead atoms. The van der Waals surface area contributed by atoms with Crippen LogP contribution in [0.4, 0.5) is 0 Å². The monoisotopic (exact) mass is 484 g/mol. The Morgan fingerprint density at radius 3 is 2.00 bits per heavy atom. The maximum atomic E-state index is 11.1. The van der Waals surface area contributed by atoms with Crippen LogP contribution in [0.5, 0.6) is 40.2 Å². The lowest BCUT2D eigenvalue weighted by Crippen LogP contribution is -2.11. The molecule has 0 aliphatic carbocycles. The van der Waals surface area contributed by atoms with Gasteiger partial charge in [0.2, 0.25) is 0 Å². The van der Waals surface area contributed by atoms with Crippen LogP contribution in [0.1, 0.15) is 39.8 Å². The van der Waals surface area contributed by atoms with Crippen molar-refractivity contribution in [2.24, 2.45) is 0 Å². The SMILES string of the molecule is COc1cc(O)cc([C@H]2Oc3cc(/C=C/c4ccc(O)cc4)cc(O)c3[C@@H]2c2cc(O)cc(O)c2)c1. The quantitative estimate of drug-likeness (QED) is 0.232. The van der Waals surface area contributed by atoms with Gasteiger partial charge in [0.1, 0.15) is 46.4 Å². The molecule has 0 saturated carbocycles. The molecule has 0 unspecified atom stereocenters. The van der Waals surface area contributed by atoms with E-state index in [2.05, 4.69) is 0 Å². The van der Waals surface area contributed by atoms with E-state index in [1.807, 2.05) is 12.2 Å². The maximum Gasteiger partial charge on any atom is 0.135 e. The number of hydrogen-bond donors (Lipinski definition) is 5. The average molecular weight is 485 g/mol. The van der Waals surface area contributed by atoms with Gasteiger partial charge in [-0.25, -0.2) is 0 Å². The van der Waals surface area contributed by atoms with Crippen molar-refractivity contribution in [3.8, 4) is 40.2 Å². The van der Waals surface area contributed by atoms with E-state index in [0.717, 1.165) is 5.56 Å². The smallest absolute Gasteiger partial charge is 0.135 e. The molecule has 7 nitrogen and oxygen atoms in total. The van der Waals surface area contributed by atoms with Crippen molar-refractivity contribution in [2.75, 3.05) is 7.11 Å². The first-order chi connectivity index (χ1) is 17.3. The Labute approximate surface area is 207 Å². The van der Waals surface area contributed by atoms with E-state index in [4.69, 9.17) is 9.47 Å². The van der Waals surface area contributed by atoms with Crippen LogP contribution in [0.25, 0.3) is 12.2 Å². The number of ether oxygens (including phenoxy) is 2. The predicted molar refractivity (Wildman–Crippen MR) is 135 cm³/mol. The Morgan fingerprint density at radius 2 is 1.31 bits per heavy atom. The Bertz CT molecular complexity index is 1440. The van der Waals surface area contributed by atoms with Crippen LogP contribution in [0.3, 0.4) is 0 Å². The summed E-state index contributed by atoms with van der Waals surface area (Å²) in [4.78, 5) is 0. The number of fused-ring (bicyclic) bond motifs is 1. The number of benzene rings is 4. The summed E-state index contributed by atoms with van der Waals surface area (Å²) < 4.78 is 11.6. The van der Waals surface area contributed by atoms with Crippen LogP contribution in [0, 0.1) is 0 Å². The summed E-state index contributed by atoms with van der Waals surface area (Å²) in [5.74, 6) is 0.166. The summed E-state index contributed by atoms with van der Waals surface area (Å²) in [6.07, 6.45) is 2.97. The molecule has 0 amide bonds. The molecule has 1 aliphatic heterocycles. The lowest BCUT2D eigenvalue weighted by atomic mass is 9.84. The second kappa shape index (κ2) is 9.11. The standard InChI is InChI=1S/C29H24O7/c1-35-24-13-19(12-23(33)15-24)29-27(18-10-21(31)14-22(32)11-18)28-25(34)8-17(9-26(28)36-29)3-2-16-4-6-20(30)7-5-16/h2-15,27,29-34H,1H3/b3-2+/t27-,29+/m0/s1. The van der Waals surface area contributed by atoms with E-state index >= 15 is 0 Å². The van der Waals surface area contributed by atoms with Crippen molar-refractivity contribution in [2.45, 2.75) is 12.0 Å². The Hall–Kier alpha value is -4.78. The molecule has 5 rings (SSSR count). The van der Waals surface area contributed by atoms with Crippen LogP contribution in [-0.2, 0) is 0 Å². The Balaban J connectivity index is 1.61. The molecule has 1 heterocycles. The molecule has 36 heavy (non-hydrogen) atoms. The minimum atomic E-state index is -0.690. The molecule has 0 spiro atoms. The molecule has 182 valence electrons. The Kier molecular flexibility index (Phi) is 5.82. The van der Waals surface area contributed by atoms with Crippen molar-refractivity contribution in [1.29, 1.82) is 0 Å². The molecule has 1 aliphatic rings.